The summed E-state index contributed by atoms with van der Waals surface area (Å²) in [4.78, 5) is 12.8. The molecule has 0 saturated heterocycles. The monoisotopic (exact) mass is 362 g/mol. The molecule has 3 nitrogen and oxygen atoms in total. The molecule has 0 saturated carbocycles. The molecule has 0 aliphatic rings. The maximum Gasteiger partial charge on any atom is 0.417 e. The Labute approximate surface area is 133 Å². The van der Waals surface area contributed by atoms with Gasteiger partial charge in [0.15, 0.2) is 0 Å². The summed E-state index contributed by atoms with van der Waals surface area (Å²) in [6.07, 6.45) is -10.1. The molecule has 0 unspecified atom stereocenters. The first kappa shape index (κ1) is 19.6. The van der Waals surface area contributed by atoms with E-state index in [1.54, 1.807) is 0 Å². The van der Waals surface area contributed by atoms with Gasteiger partial charge >= 0.3 is 12.4 Å². The molecule has 0 aliphatic carbocycles. The van der Waals surface area contributed by atoms with E-state index in [2.05, 4.69) is 5.32 Å². The van der Waals surface area contributed by atoms with Crippen molar-refractivity contribution in [2.75, 3.05) is 25.5 Å². The van der Waals surface area contributed by atoms with E-state index in [4.69, 9.17) is 11.6 Å². The molecule has 0 radical (unpaired) electrons. The Morgan fingerprint density at radius 3 is 2.35 bits per heavy atom. The minimum absolute atomic E-state index is 0.143. The van der Waals surface area contributed by atoms with Crippen LogP contribution >= 0.6 is 11.6 Å². The van der Waals surface area contributed by atoms with Crippen molar-refractivity contribution in [2.45, 2.75) is 18.8 Å². The fourth-order valence-electron chi connectivity index (χ4n) is 1.66. The summed E-state index contributed by atoms with van der Waals surface area (Å²) in [7, 11) is 1.30. The van der Waals surface area contributed by atoms with E-state index in [0.29, 0.717) is 6.07 Å². The van der Waals surface area contributed by atoms with E-state index >= 15 is 0 Å². The normalized spacial score (nSPS) is 12.6. The van der Waals surface area contributed by atoms with Gasteiger partial charge in [0.2, 0.25) is 5.91 Å². The van der Waals surface area contributed by atoms with E-state index in [1.807, 2.05) is 0 Å². The van der Waals surface area contributed by atoms with Crippen LogP contribution in [0.15, 0.2) is 18.2 Å². The summed E-state index contributed by atoms with van der Waals surface area (Å²) in [6.45, 7) is -0.786. The van der Waals surface area contributed by atoms with Crippen LogP contribution in [0.3, 0.4) is 0 Å². The average Bonchev–Trinajstić information content (AvgIpc) is 2.36. The first-order valence-corrected chi connectivity index (χ1v) is 6.68. The fourth-order valence-corrected chi connectivity index (χ4v) is 1.89. The molecule has 1 N–H and O–H groups in total. The van der Waals surface area contributed by atoms with Crippen LogP contribution in [0, 0.1) is 0 Å². The lowest BCUT2D eigenvalue weighted by Gasteiger charge is -2.17. The van der Waals surface area contributed by atoms with Crippen LogP contribution < -0.4 is 5.32 Å². The van der Waals surface area contributed by atoms with Gasteiger partial charge in [-0.05, 0) is 25.2 Å². The minimum atomic E-state index is -4.68. The zero-order chi connectivity index (χ0) is 17.8. The second-order valence-corrected chi connectivity index (χ2v) is 5.25. The molecule has 1 amide bonds. The Kier molecular flexibility index (Phi) is 6.29. The second-order valence-electron chi connectivity index (χ2n) is 4.84. The number of carbonyl (C=O) groups excluding carboxylic acids is 1. The molecular weight excluding hydrogens is 350 g/mol. The molecule has 1 aromatic rings. The summed E-state index contributed by atoms with van der Waals surface area (Å²) in [5.41, 5.74) is -1.25. The molecule has 0 atom stereocenters. The number of hydrogen-bond donors (Lipinski definition) is 1. The molecule has 0 aromatic heterocycles. The number of rotatable bonds is 5. The van der Waals surface area contributed by atoms with Crippen LogP contribution in [-0.2, 0) is 11.0 Å². The number of amides is 1. The Morgan fingerprint density at radius 1 is 1.22 bits per heavy atom. The summed E-state index contributed by atoms with van der Waals surface area (Å²) >= 11 is 5.44. The molecule has 0 spiro atoms. The molecular formula is C13H13ClF6N2O. The van der Waals surface area contributed by atoms with Crippen molar-refractivity contribution in [2.24, 2.45) is 0 Å². The lowest BCUT2D eigenvalue weighted by molar-refractivity contribution is -0.138. The largest absolute Gasteiger partial charge is 0.417 e. The smallest absolute Gasteiger partial charge is 0.325 e. The first-order valence-electron chi connectivity index (χ1n) is 6.30. The molecule has 0 heterocycles. The number of nitrogens with zero attached hydrogens (tertiary/aromatic N) is 1. The van der Waals surface area contributed by atoms with Gasteiger partial charge in [0.25, 0.3) is 0 Å². The Bertz CT molecular complexity index is 558. The van der Waals surface area contributed by atoms with E-state index in [9.17, 15) is 31.1 Å². The highest BCUT2D eigenvalue weighted by atomic mass is 35.5. The van der Waals surface area contributed by atoms with Crippen LogP contribution in [0.5, 0.6) is 0 Å². The van der Waals surface area contributed by atoms with Crippen molar-refractivity contribution in [3.05, 3.63) is 28.8 Å². The molecule has 1 rings (SSSR count). The minimum Gasteiger partial charge on any atom is -0.325 e. The number of likely N-dealkylation sites (N-methyl/N-ethyl adjacent to an activating group) is 1. The Hall–Kier alpha value is -1.48. The lowest BCUT2D eigenvalue weighted by Crippen LogP contribution is -2.32. The van der Waals surface area contributed by atoms with Crippen LogP contribution in [0.25, 0.3) is 0 Å². The number of anilines is 1. The van der Waals surface area contributed by atoms with Crippen LogP contribution in [0.4, 0.5) is 32.0 Å². The molecule has 0 aliphatic heterocycles. The maximum atomic E-state index is 12.7. The SMILES string of the molecule is CN(CCC(F)(F)F)CC(=O)Nc1ccc(Cl)c(C(F)(F)F)c1. The highest BCUT2D eigenvalue weighted by Crippen LogP contribution is 2.36. The van der Waals surface area contributed by atoms with E-state index in [-0.39, 0.29) is 12.2 Å². The van der Waals surface area contributed by atoms with Gasteiger partial charge < -0.3 is 5.32 Å². The highest BCUT2D eigenvalue weighted by Gasteiger charge is 2.33. The van der Waals surface area contributed by atoms with Crippen molar-refractivity contribution in [3.63, 3.8) is 0 Å². The quantitative estimate of drug-likeness (QED) is 0.797. The predicted molar refractivity (Wildman–Crippen MR) is 73.3 cm³/mol. The van der Waals surface area contributed by atoms with Gasteiger partial charge in [-0.15, -0.1) is 0 Å². The summed E-state index contributed by atoms with van der Waals surface area (Å²) in [5.74, 6) is -0.731. The first-order chi connectivity index (χ1) is 10.4. The predicted octanol–water partition coefficient (Wildman–Crippen LogP) is 4.18. The number of benzene rings is 1. The number of nitrogens with one attached hydrogen (secondary N) is 1. The third-order valence-corrected chi connectivity index (χ3v) is 3.08. The van der Waals surface area contributed by atoms with Gasteiger partial charge in [-0.25, -0.2) is 0 Å². The number of halogens is 7. The zero-order valence-corrected chi connectivity index (χ0v) is 12.6. The molecule has 0 fully saturated rings. The van der Waals surface area contributed by atoms with Gasteiger partial charge in [-0.3, -0.25) is 9.69 Å². The Balaban J connectivity index is 2.64. The zero-order valence-electron chi connectivity index (χ0n) is 11.9. The highest BCUT2D eigenvalue weighted by molar-refractivity contribution is 6.31. The van der Waals surface area contributed by atoms with Gasteiger partial charge in [0, 0.05) is 12.2 Å². The van der Waals surface area contributed by atoms with Crippen LogP contribution in [0.1, 0.15) is 12.0 Å². The third kappa shape index (κ3) is 7.08. The summed E-state index contributed by atoms with van der Waals surface area (Å²) in [6, 6.07) is 2.81. The molecule has 10 heteroatoms. The van der Waals surface area contributed by atoms with Crippen molar-refractivity contribution >= 4 is 23.2 Å². The number of hydrogen-bond acceptors (Lipinski definition) is 2. The third-order valence-electron chi connectivity index (χ3n) is 2.75. The van der Waals surface area contributed by atoms with Crippen molar-refractivity contribution in [3.8, 4) is 0 Å². The van der Waals surface area contributed by atoms with Gasteiger partial charge in [0.05, 0.1) is 23.6 Å². The fraction of sp³-hybridized carbons (Fsp3) is 0.462. The maximum absolute atomic E-state index is 12.7. The number of alkyl halides is 6. The standard InChI is InChI=1S/C13H13ClF6N2O/c1-22(5-4-12(15,16)17)7-11(23)21-8-2-3-10(14)9(6-8)13(18,19)20/h2-3,6H,4-5,7H2,1H3,(H,21,23). The lowest BCUT2D eigenvalue weighted by atomic mass is 10.2. The molecule has 23 heavy (non-hydrogen) atoms. The van der Waals surface area contributed by atoms with Crippen molar-refractivity contribution in [1.82, 2.24) is 4.90 Å². The topological polar surface area (TPSA) is 32.3 Å². The van der Waals surface area contributed by atoms with Gasteiger partial charge in [-0.2, -0.15) is 26.3 Å². The summed E-state index contributed by atoms with van der Waals surface area (Å²) < 4.78 is 74.2. The van der Waals surface area contributed by atoms with Crippen LogP contribution in [0.2, 0.25) is 5.02 Å². The summed E-state index contributed by atoms with van der Waals surface area (Å²) in [5, 5.41) is 1.67. The van der Waals surface area contributed by atoms with Crippen LogP contribution in [-0.4, -0.2) is 37.1 Å². The van der Waals surface area contributed by atoms with Gasteiger partial charge in [0.1, 0.15) is 0 Å². The average molecular weight is 363 g/mol. The van der Waals surface area contributed by atoms with E-state index < -0.39 is 41.8 Å². The molecule has 1 aromatic carbocycles. The van der Waals surface area contributed by atoms with Crippen molar-refractivity contribution < 1.29 is 31.1 Å². The molecule has 0 bridgehead atoms. The Morgan fingerprint density at radius 2 is 1.83 bits per heavy atom. The van der Waals surface area contributed by atoms with E-state index in [0.717, 1.165) is 11.0 Å². The van der Waals surface area contributed by atoms with E-state index in [1.165, 1.54) is 13.1 Å². The van der Waals surface area contributed by atoms with Gasteiger partial charge in [-0.1, -0.05) is 11.6 Å². The second kappa shape index (κ2) is 7.39. The number of carbonyl (C=O) groups is 1. The van der Waals surface area contributed by atoms with Crippen molar-refractivity contribution in [1.29, 1.82) is 0 Å². The molecule has 130 valence electrons.